The number of rotatable bonds is 12. The number of carbonyl (C=O) groups is 2. The van der Waals surface area contributed by atoms with Gasteiger partial charge in [0.25, 0.3) is 0 Å². The van der Waals surface area contributed by atoms with Crippen molar-refractivity contribution in [3.8, 4) is 28.7 Å². The standard InChI is InChI=1S/C33H40N2O9.C11H16O/c1-38-19-7-8-20-21-9-10-35-16-18-13-27(44-32(36)17-11-25(39-2)30(41-4)26(12-17)40-3)31(42-5)28(33(37)43-6)22(18)15-24(35)29(21)34-23(20)14-19;1-2-3-4-7-10-8-5-6-9-11(10)12/h7-8,11-12,14,18,22,24,27-28,31,34H,9-10,13,15-16H2,1-6H3;5-6,8-9,12H,2-4,7H2,1H3/t18-,22+,24-,27-,28+,31+;/m1./s1. The van der Waals surface area contributed by atoms with Gasteiger partial charge in [-0.15, -0.1) is 0 Å². The van der Waals surface area contributed by atoms with E-state index in [1.165, 1.54) is 64.3 Å². The maximum absolute atomic E-state index is 13.5. The molecule has 2 fully saturated rings. The highest BCUT2D eigenvalue weighted by molar-refractivity contribution is 5.91. The number of phenolic OH excluding ortho intramolecular Hbond substituents is 1. The van der Waals surface area contributed by atoms with Crippen molar-refractivity contribution < 1.29 is 47.9 Å². The smallest absolute Gasteiger partial charge is 0.338 e. The lowest BCUT2D eigenvalue weighted by Crippen LogP contribution is -2.58. The van der Waals surface area contributed by atoms with Gasteiger partial charge < -0.3 is 43.2 Å². The molecule has 56 heavy (non-hydrogen) atoms. The second-order valence-electron chi connectivity index (χ2n) is 14.8. The third-order valence-electron chi connectivity index (χ3n) is 11.8. The van der Waals surface area contributed by atoms with E-state index in [2.05, 4.69) is 22.9 Å². The molecule has 302 valence electrons. The zero-order chi connectivity index (χ0) is 39.9. The Morgan fingerprint density at radius 2 is 1.64 bits per heavy atom. The summed E-state index contributed by atoms with van der Waals surface area (Å²) in [7, 11) is 9.10. The van der Waals surface area contributed by atoms with Crippen molar-refractivity contribution in [2.75, 3.05) is 55.7 Å². The molecule has 0 spiro atoms. The molecule has 0 radical (unpaired) electrons. The van der Waals surface area contributed by atoms with E-state index in [1.54, 1.807) is 32.4 Å². The Morgan fingerprint density at radius 3 is 2.29 bits per heavy atom. The number of hydrogen-bond acceptors (Lipinski definition) is 11. The third-order valence-corrected chi connectivity index (χ3v) is 11.8. The fraction of sp³-hybridized carbons (Fsp3) is 0.500. The molecule has 0 amide bonds. The summed E-state index contributed by atoms with van der Waals surface area (Å²) in [6.07, 6.45) is 5.57. The van der Waals surface area contributed by atoms with E-state index in [9.17, 15) is 14.7 Å². The lowest BCUT2D eigenvalue weighted by atomic mass is 9.63. The number of aryl methyl sites for hydroxylation is 1. The van der Waals surface area contributed by atoms with Crippen molar-refractivity contribution in [2.24, 2.45) is 17.8 Å². The van der Waals surface area contributed by atoms with Gasteiger partial charge in [0.1, 0.15) is 23.7 Å². The molecule has 12 nitrogen and oxygen atoms in total. The number of methoxy groups -OCH3 is 6. The number of para-hydroxylation sites is 1. The van der Waals surface area contributed by atoms with Gasteiger partial charge in [0, 0.05) is 42.9 Å². The molecule has 3 heterocycles. The van der Waals surface area contributed by atoms with Crippen LogP contribution in [0.15, 0.2) is 54.6 Å². The SMILES string of the molecule is CCCCCc1ccccc1O.COC(=O)[C@H]1[C@H]2C[C@@H]3c4[nH]c5cc(OC)ccc5c4CCN3C[C@H]2C[C@@H](OC(=O)c2cc(OC)c(OC)c(OC)c2)[C@@H]1OC. The maximum Gasteiger partial charge on any atom is 0.338 e. The number of hydrogen-bond donors (Lipinski definition) is 2. The number of esters is 2. The molecule has 4 aromatic rings. The van der Waals surface area contributed by atoms with Crippen molar-refractivity contribution in [1.82, 2.24) is 9.88 Å². The molecule has 2 aliphatic heterocycles. The number of aromatic nitrogens is 1. The molecule has 1 saturated carbocycles. The quantitative estimate of drug-likeness (QED) is 0.111. The Bertz CT molecular complexity index is 1950. The largest absolute Gasteiger partial charge is 0.508 e. The molecule has 1 aliphatic carbocycles. The second kappa shape index (κ2) is 18.3. The molecule has 2 N–H and O–H groups in total. The Hall–Kier alpha value is -4.94. The highest BCUT2D eigenvalue weighted by Crippen LogP contribution is 2.51. The van der Waals surface area contributed by atoms with Crippen LogP contribution in [0, 0.1) is 17.8 Å². The lowest BCUT2D eigenvalue weighted by molar-refractivity contribution is -0.176. The highest BCUT2D eigenvalue weighted by Gasteiger charge is 2.54. The van der Waals surface area contributed by atoms with Crippen LogP contribution in [-0.4, -0.2) is 94.9 Å². The molecular formula is C44H56N2O10. The van der Waals surface area contributed by atoms with E-state index >= 15 is 0 Å². The minimum atomic E-state index is -0.670. The predicted molar refractivity (Wildman–Crippen MR) is 212 cm³/mol. The number of nitrogens with zero attached hydrogens (tertiary/aromatic N) is 1. The van der Waals surface area contributed by atoms with E-state index < -0.39 is 24.1 Å². The Balaban J connectivity index is 0.000000380. The first-order valence-corrected chi connectivity index (χ1v) is 19.5. The summed E-state index contributed by atoms with van der Waals surface area (Å²) in [6.45, 7) is 3.87. The van der Waals surface area contributed by atoms with E-state index in [0.29, 0.717) is 29.4 Å². The fourth-order valence-corrected chi connectivity index (χ4v) is 9.05. The van der Waals surface area contributed by atoms with Crippen LogP contribution < -0.4 is 18.9 Å². The average Bonchev–Trinajstić information content (AvgIpc) is 3.61. The Morgan fingerprint density at radius 1 is 0.893 bits per heavy atom. The van der Waals surface area contributed by atoms with Gasteiger partial charge in [-0.25, -0.2) is 4.79 Å². The van der Waals surface area contributed by atoms with Crippen LogP contribution in [0.2, 0.25) is 0 Å². The number of piperidine rings is 1. The molecule has 3 aromatic carbocycles. The molecule has 0 unspecified atom stereocenters. The van der Waals surface area contributed by atoms with Crippen molar-refractivity contribution in [2.45, 2.75) is 70.1 Å². The van der Waals surface area contributed by atoms with Crippen LogP contribution in [0.1, 0.15) is 72.2 Å². The van der Waals surface area contributed by atoms with Crippen molar-refractivity contribution in [3.05, 3.63) is 77.0 Å². The van der Waals surface area contributed by atoms with Gasteiger partial charge in [0.2, 0.25) is 5.75 Å². The molecule has 1 saturated heterocycles. The zero-order valence-electron chi connectivity index (χ0n) is 33.6. The average molecular weight is 773 g/mol. The number of H-pyrrole nitrogens is 1. The van der Waals surface area contributed by atoms with E-state index in [4.69, 9.17) is 33.2 Å². The maximum atomic E-state index is 13.5. The van der Waals surface area contributed by atoms with Gasteiger partial charge in [-0.3, -0.25) is 9.69 Å². The second-order valence-corrected chi connectivity index (χ2v) is 14.8. The van der Waals surface area contributed by atoms with Gasteiger partial charge in [-0.2, -0.15) is 0 Å². The van der Waals surface area contributed by atoms with Gasteiger partial charge >= 0.3 is 11.9 Å². The number of benzene rings is 3. The monoisotopic (exact) mass is 772 g/mol. The number of aromatic hydroxyl groups is 1. The van der Waals surface area contributed by atoms with Crippen LogP contribution >= 0.6 is 0 Å². The number of carbonyl (C=O) groups excluding carboxylic acids is 2. The van der Waals surface area contributed by atoms with E-state index in [-0.39, 0.29) is 29.4 Å². The molecule has 7 rings (SSSR count). The van der Waals surface area contributed by atoms with Gasteiger partial charge in [-0.05, 0) is 85.4 Å². The summed E-state index contributed by atoms with van der Waals surface area (Å²) in [5.41, 5.74) is 4.90. The minimum absolute atomic E-state index is 0.0170. The zero-order valence-corrected chi connectivity index (χ0v) is 33.6. The van der Waals surface area contributed by atoms with Crippen LogP contribution in [0.5, 0.6) is 28.7 Å². The van der Waals surface area contributed by atoms with E-state index in [0.717, 1.165) is 49.2 Å². The van der Waals surface area contributed by atoms with Crippen molar-refractivity contribution >= 4 is 22.8 Å². The fourth-order valence-electron chi connectivity index (χ4n) is 9.05. The van der Waals surface area contributed by atoms with Gasteiger partial charge in [-0.1, -0.05) is 38.0 Å². The van der Waals surface area contributed by atoms with Crippen molar-refractivity contribution in [3.63, 3.8) is 0 Å². The van der Waals surface area contributed by atoms with Crippen LogP contribution in [0.4, 0.5) is 0 Å². The number of phenols is 1. The first-order chi connectivity index (χ1) is 27.2. The first-order valence-electron chi connectivity index (χ1n) is 19.5. The number of fused-ring (bicyclic) bond motifs is 6. The van der Waals surface area contributed by atoms with Crippen molar-refractivity contribution in [1.29, 1.82) is 0 Å². The normalized spacial score (nSPS) is 22.7. The third kappa shape index (κ3) is 8.27. The molecule has 12 heteroatoms. The summed E-state index contributed by atoms with van der Waals surface area (Å²) in [6, 6.07) is 17.0. The molecule has 1 aromatic heterocycles. The molecule has 6 atom stereocenters. The summed E-state index contributed by atoms with van der Waals surface area (Å²) in [5.74, 6) is 0.879. The summed E-state index contributed by atoms with van der Waals surface area (Å²) in [5, 5.41) is 10.6. The molecule has 3 aliphatic rings. The molecular weight excluding hydrogens is 716 g/mol. The predicted octanol–water partition coefficient (Wildman–Crippen LogP) is 7.30. The summed E-state index contributed by atoms with van der Waals surface area (Å²) >= 11 is 0. The van der Waals surface area contributed by atoms with Crippen LogP contribution in [-0.2, 0) is 31.8 Å². The number of aromatic amines is 1. The van der Waals surface area contributed by atoms with Gasteiger partial charge in [0.05, 0.1) is 53.1 Å². The summed E-state index contributed by atoms with van der Waals surface area (Å²) < 4.78 is 39.1. The topological polar surface area (TPSA) is 138 Å². The van der Waals surface area contributed by atoms with Crippen LogP contribution in [0.25, 0.3) is 10.9 Å². The Labute approximate surface area is 329 Å². The number of ether oxygens (including phenoxy) is 7. The number of nitrogens with one attached hydrogen (secondary N) is 1. The van der Waals surface area contributed by atoms with Gasteiger partial charge in [0.15, 0.2) is 11.5 Å². The minimum Gasteiger partial charge on any atom is -0.508 e. The van der Waals surface area contributed by atoms with Crippen LogP contribution in [0.3, 0.4) is 0 Å². The summed E-state index contributed by atoms with van der Waals surface area (Å²) in [4.78, 5) is 33.1. The first kappa shape index (κ1) is 40.7. The number of unbranched alkanes of at least 4 members (excludes halogenated alkanes) is 2. The molecule has 0 bridgehead atoms. The Kier molecular flexibility index (Phi) is 13.3. The highest BCUT2D eigenvalue weighted by atomic mass is 16.6. The van der Waals surface area contributed by atoms with E-state index in [1.807, 2.05) is 30.3 Å². The lowest BCUT2D eigenvalue weighted by Gasteiger charge is -2.52.